The Morgan fingerprint density at radius 2 is 1.53 bits per heavy atom. The minimum Gasteiger partial charge on any atom is -0.413 e. The maximum Gasteiger partial charge on any atom is 0.291 e. The molecule has 1 heterocycles. The second-order valence-electron chi connectivity index (χ2n) is 4.85. The van der Waals surface area contributed by atoms with Gasteiger partial charge in [0.05, 0.1) is 10.9 Å². The Morgan fingerprint density at radius 1 is 0.895 bits per heavy atom. The van der Waals surface area contributed by atoms with Gasteiger partial charge in [-0.3, -0.25) is 4.79 Å². The molecule has 0 radical (unpaired) electrons. The molecule has 0 amide bonds. The lowest BCUT2D eigenvalue weighted by molar-refractivity contribution is 0.170. The molecule has 2 aromatic carbocycles. The van der Waals surface area contributed by atoms with Gasteiger partial charge in [0.15, 0.2) is 0 Å². The van der Waals surface area contributed by atoms with E-state index in [0.29, 0.717) is 5.39 Å². The lowest BCUT2D eigenvalue weighted by Gasteiger charge is -2.12. The fraction of sp³-hybridized carbons (Fsp3) is 0.188. The van der Waals surface area contributed by atoms with E-state index >= 15 is 0 Å². The standard InChI is InChI=1S/C16H15NO2/c1-10-4-6-12-13(8-10)14-9-11(2)5-7-15(14)17(19-3)16(12)18/h4-9H,1-3H3. The maximum absolute atomic E-state index is 12.4. The molecule has 0 aliphatic carbocycles. The van der Waals surface area contributed by atoms with Crippen molar-refractivity contribution < 1.29 is 4.84 Å². The number of rotatable bonds is 1. The predicted molar refractivity (Wildman–Crippen MR) is 77.7 cm³/mol. The molecule has 0 saturated carbocycles. The average molecular weight is 253 g/mol. The van der Waals surface area contributed by atoms with E-state index < -0.39 is 0 Å². The third-order valence-corrected chi connectivity index (χ3v) is 3.43. The minimum absolute atomic E-state index is 0.117. The van der Waals surface area contributed by atoms with Crippen LogP contribution < -0.4 is 10.4 Å². The van der Waals surface area contributed by atoms with Crippen molar-refractivity contribution in [3.63, 3.8) is 0 Å². The first-order chi connectivity index (χ1) is 9.11. The van der Waals surface area contributed by atoms with Crippen molar-refractivity contribution in [3.8, 4) is 0 Å². The summed E-state index contributed by atoms with van der Waals surface area (Å²) in [5.74, 6) is 0. The molecule has 3 rings (SSSR count). The third kappa shape index (κ3) is 1.70. The predicted octanol–water partition coefficient (Wildman–Crippen LogP) is 2.83. The zero-order valence-electron chi connectivity index (χ0n) is 11.2. The summed E-state index contributed by atoms with van der Waals surface area (Å²) in [7, 11) is 1.51. The van der Waals surface area contributed by atoms with Gasteiger partial charge in [-0.15, -0.1) is 4.73 Å². The highest BCUT2D eigenvalue weighted by molar-refractivity contribution is 6.05. The van der Waals surface area contributed by atoms with Crippen molar-refractivity contribution in [1.29, 1.82) is 0 Å². The molecule has 0 atom stereocenters. The Hall–Kier alpha value is -2.29. The molecule has 0 bridgehead atoms. The highest BCUT2D eigenvalue weighted by Gasteiger charge is 2.11. The highest BCUT2D eigenvalue weighted by atomic mass is 16.6. The summed E-state index contributed by atoms with van der Waals surface area (Å²) in [6.45, 7) is 4.08. The van der Waals surface area contributed by atoms with E-state index in [1.807, 2.05) is 38.1 Å². The molecule has 0 unspecified atom stereocenters. The van der Waals surface area contributed by atoms with Gasteiger partial charge < -0.3 is 4.84 Å². The minimum atomic E-state index is -0.117. The Kier molecular flexibility index (Phi) is 2.56. The van der Waals surface area contributed by atoms with Crippen molar-refractivity contribution in [2.45, 2.75) is 13.8 Å². The number of hydrogen-bond donors (Lipinski definition) is 0. The van der Waals surface area contributed by atoms with Crippen LogP contribution in [0.5, 0.6) is 0 Å². The van der Waals surface area contributed by atoms with E-state index in [9.17, 15) is 4.79 Å². The van der Waals surface area contributed by atoms with E-state index in [1.165, 1.54) is 11.8 Å². The summed E-state index contributed by atoms with van der Waals surface area (Å²) in [5.41, 5.74) is 2.99. The van der Waals surface area contributed by atoms with Crippen LogP contribution in [0.2, 0.25) is 0 Å². The van der Waals surface area contributed by atoms with E-state index in [4.69, 9.17) is 4.84 Å². The zero-order chi connectivity index (χ0) is 13.6. The van der Waals surface area contributed by atoms with Crippen LogP contribution in [0.25, 0.3) is 21.7 Å². The summed E-state index contributed by atoms with van der Waals surface area (Å²) in [6, 6.07) is 11.9. The van der Waals surface area contributed by atoms with Crippen LogP contribution >= 0.6 is 0 Å². The molecule has 3 heteroatoms. The van der Waals surface area contributed by atoms with Crippen molar-refractivity contribution in [3.05, 3.63) is 57.9 Å². The number of aromatic nitrogens is 1. The van der Waals surface area contributed by atoms with Crippen LogP contribution in [-0.2, 0) is 0 Å². The maximum atomic E-state index is 12.4. The molecule has 0 fully saturated rings. The van der Waals surface area contributed by atoms with Crippen LogP contribution in [-0.4, -0.2) is 11.8 Å². The highest BCUT2D eigenvalue weighted by Crippen LogP contribution is 2.24. The largest absolute Gasteiger partial charge is 0.413 e. The van der Waals surface area contributed by atoms with E-state index in [2.05, 4.69) is 12.1 Å². The molecule has 19 heavy (non-hydrogen) atoms. The average Bonchev–Trinajstić information content (AvgIpc) is 2.40. The number of pyridine rings is 1. The number of fused-ring (bicyclic) bond motifs is 3. The molecular weight excluding hydrogens is 238 g/mol. The van der Waals surface area contributed by atoms with Crippen LogP contribution in [0, 0.1) is 13.8 Å². The summed E-state index contributed by atoms with van der Waals surface area (Å²) in [6.07, 6.45) is 0. The number of aryl methyl sites for hydroxylation is 2. The first kappa shape index (κ1) is 11.8. The molecule has 0 saturated heterocycles. The van der Waals surface area contributed by atoms with E-state index in [1.54, 1.807) is 0 Å². The van der Waals surface area contributed by atoms with Gasteiger partial charge in [0, 0.05) is 5.39 Å². The Bertz CT molecular complexity index is 847. The van der Waals surface area contributed by atoms with Gasteiger partial charge in [-0.2, -0.15) is 0 Å². The number of nitrogens with zero attached hydrogens (tertiary/aromatic N) is 1. The van der Waals surface area contributed by atoms with Crippen molar-refractivity contribution in [1.82, 2.24) is 4.73 Å². The van der Waals surface area contributed by atoms with Crippen LogP contribution in [0.4, 0.5) is 0 Å². The summed E-state index contributed by atoms with van der Waals surface area (Å²) >= 11 is 0. The summed E-state index contributed by atoms with van der Waals surface area (Å²) in [4.78, 5) is 17.6. The molecule has 96 valence electrons. The smallest absolute Gasteiger partial charge is 0.291 e. The van der Waals surface area contributed by atoms with Crippen LogP contribution in [0.1, 0.15) is 11.1 Å². The molecule has 3 nitrogen and oxygen atoms in total. The van der Waals surface area contributed by atoms with Crippen molar-refractivity contribution >= 4 is 21.7 Å². The van der Waals surface area contributed by atoms with Gasteiger partial charge >= 0.3 is 0 Å². The molecular formula is C16H15NO2. The Morgan fingerprint density at radius 3 is 2.21 bits per heavy atom. The lowest BCUT2D eigenvalue weighted by Crippen LogP contribution is -2.25. The summed E-state index contributed by atoms with van der Waals surface area (Å²) < 4.78 is 1.35. The first-order valence-corrected chi connectivity index (χ1v) is 6.22. The summed E-state index contributed by atoms with van der Waals surface area (Å²) in [5, 5.41) is 2.71. The molecule has 0 spiro atoms. The molecule has 1 aromatic heterocycles. The number of hydrogen-bond acceptors (Lipinski definition) is 2. The third-order valence-electron chi connectivity index (χ3n) is 3.43. The molecule has 3 aromatic rings. The van der Waals surface area contributed by atoms with Crippen LogP contribution in [0.3, 0.4) is 0 Å². The normalized spacial score (nSPS) is 11.1. The lowest BCUT2D eigenvalue weighted by atomic mass is 10.0. The molecule has 0 N–H and O–H groups in total. The van der Waals surface area contributed by atoms with Gasteiger partial charge in [0.25, 0.3) is 5.56 Å². The van der Waals surface area contributed by atoms with Gasteiger partial charge in [-0.25, -0.2) is 0 Å². The molecule has 0 aliphatic heterocycles. The number of benzene rings is 2. The van der Waals surface area contributed by atoms with Gasteiger partial charge in [-0.1, -0.05) is 29.3 Å². The quantitative estimate of drug-likeness (QED) is 0.624. The Labute approximate surface area is 111 Å². The van der Waals surface area contributed by atoms with Gasteiger partial charge in [0.1, 0.15) is 7.11 Å². The second kappa shape index (κ2) is 4.12. The van der Waals surface area contributed by atoms with Gasteiger partial charge in [-0.05, 0) is 37.4 Å². The van der Waals surface area contributed by atoms with Crippen molar-refractivity contribution in [2.24, 2.45) is 0 Å². The van der Waals surface area contributed by atoms with E-state index in [0.717, 1.165) is 27.4 Å². The topological polar surface area (TPSA) is 31.2 Å². The SMILES string of the molecule is COn1c(=O)c2ccc(C)cc2c2cc(C)ccc21. The Balaban J connectivity index is 2.66. The monoisotopic (exact) mass is 253 g/mol. The molecule has 0 aliphatic rings. The zero-order valence-corrected chi connectivity index (χ0v) is 11.2. The first-order valence-electron chi connectivity index (χ1n) is 6.22. The van der Waals surface area contributed by atoms with Crippen LogP contribution in [0.15, 0.2) is 41.2 Å². The van der Waals surface area contributed by atoms with Crippen molar-refractivity contribution in [2.75, 3.05) is 7.11 Å². The fourth-order valence-electron chi connectivity index (χ4n) is 2.51. The second-order valence-corrected chi connectivity index (χ2v) is 4.85. The van der Waals surface area contributed by atoms with E-state index in [-0.39, 0.29) is 5.56 Å². The fourth-order valence-corrected chi connectivity index (χ4v) is 2.51. The van der Waals surface area contributed by atoms with Gasteiger partial charge in [0.2, 0.25) is 0 Å².